The molecule has 4 aromatic rings. The fraction of sp³-hybridized carbons (Fsp3) is 0.167. The molecule has 39 heavy (non-hydrogen) atoms. The molecule has 3 heteroatoms. The number of rotatable bonds is 5. The van der Waals surface area contributed by atoms with E-state index in [2.05, 4.69) is 135 Å². The molecule has 0 saturated heterocycles. The number of aryl methyl sites for hydroxylation is 2. The van der Waals surface area contributed by atoms with Crippen LogP contribution in [0.2, 0.25) is 0 Å². The molecular formula is C36H32Cl2Zr. The Kier molecular flexibility index (Phi) is 11.0. The van der Waals surface area contributed by atoms with Gasteiger partial charge in [-0.3, -0.25) is 0 Å². The Labute approximate surface area is 264 Å². The van der Waals surface area contributed by atoms with Crippen LogP contribution < -0.4 is 24.8 Å². The van der Waals surface area contributed by atoms with Gasteiger partial charge in [0.05, 0.1) is 0 Å². The van der Waals surface area contributed by atoms with Gasteiger partial charge in [-0.05, 0) is 23.0 Å². The molecule has 0 nitrogen and oxygen atoms in total. The summed E-state index contributed by atoms with van der Waals surface area (Å²) in [5, 5.41) is 0. The van der Waals surface area contributed by atoms with E-state index in [0.717, 1.165) is 12.8 Å². The number of halogens is 2. The zero-order chi connectivity index (χ0) is 24.5. The van der Waals surface area contributed by atoms with Crippen LogP contribution in [0.5, 0.6) is 0 Å². The SMILES string of the molecule is Cc1[cH-]c2c(c1CCc1c(C)[cH-]c3c1C(c1ccccc1)C=CC=C3)C(c1ccccc1)C=CC=C2.[Cl-].[Cl-].[Zr+4]. The Morgan fingerprint density at radius 3 is 1.33 bits per heavy atom. The van der Waals surface area contributed by atoms with E-state index in [1.807, 2.05) is 0 Å². The maximum Gasteiger partial charge on any atom is 4.00 e. The Bertz CT molecular complexity index is 1380. The Morgan fingerprint density at radius 1 is 0.564 bits per heavy atom. The molecule has 0 heterocycles. The average Bonchev–Trinajstić information content (AvgIpc) is 3.17. The molecule has 0 amide bonds. The van der Waals surface area contributed by atoms with Crippen LogP contribution in [-0.2, 0) is 39.0 Å². The number of fused-ring (bicyclic) bond motifs is 2. The Balaban J connectivity index is 0.00000140. The predicted octanol–water partition coefficient (Wildman–Crippen LogP) is 2.96. The third-order valence-electron chi connectivity index (χ3n) is 7.91. The van der Waals surface area contributed by atoms with Gasteiger partial charge in [0.2, 0.25) is 0 Å². The zero-order valence-corrected chi connectivity index (χ0v) is 26.3. The molecule has 2 unspecified atom stereocenters. The van der Waals surface area contributed by atoms with Crippen molar-refractivity contribution in [3.63, 3.8) is 0 Å². The molecule has 0 spiro atoms. The molecule has 0 saturated carbocycles. The first-order valence-electron chi connectivity index (χ1n) is 13.1. The van der Waals surface area contributed by atoms with Gasteiger partial charge in [0.15, 0.2) is 0 Å². The van der Waals surface area contributed by atoms with E-state index in [1.54, 1.807) is 0 Å². The molecule has 0 aliphatic heterocycles. The fourth-order valence-electron chi connectivity index (χ4n) is 6.23. The van der Waals surface area contributed by atoms with Crippen LogP contribution in [0.25, 0.3) is 12.2 Å². The molecule has 0 fully saturated rings. The maximum atomic E-state index is 2.39. The summed E-state index contributed by atoms with van der Waals surface area (Å²) in [7, 11) is 0. The van der Waals surface area contributed by atoms with E-state index in [0.29, 0.717) is 11.8 Å². The van der Waals surface area contributed by atoms with Gasteiger partial charge in [0.1, 0.15) is 0 Å². The van der Waals surface area contributed by atoms with Crippen molar-refractivity contribution in [2.75, 3.05) is 0 Å². The van der Waals surface area contributed by atoms with Crippen LogP contribution in [0.15, 0.2) is 109 Å². The van der Waals surface area contributed by atoms with Crippen molar-refractivity contribution in [2.24, 2.45) is 0 Å². The van der Waals surface area contributed by atoms with Crippen LogP contribution in [0.4, 0.5) is 0 Å². The number of hydrogen-bond donors (Lipinski definition) is 0. The normalized spacial score (nSPS) is 16.7. The third kappa shape index (κ3) is 6.17. The summed E-state index contributed by atoms with van der Waals surface area (Å²) >= 11 is 0. The third-order valence-corrected chi connectivity index (χ3v) is 7.91. The van der Waals surface area contributed by atoms with Gasteiger partial charge in [-0.15, -0.1) is 58.7 Å². The van der Waals surface area contributed by atoms with Crippen molar-refractivity contribution in [1.29, 1.82) is 0 Å². The Hall–Kier alpha value is -2.44. The molecular weight excluding hydrogens is 595 g/mol. The van der Waals surface area contributed by atoms with Crippen molar-refractivity contribution in [3.05, 3.63) is 165 Å². The second-order valence-electron chi connectivity index (χ2n) is 10.1. The molecule has 0 bridgehead atoms. The van der Waals surface area contributed by atoms with Crippen molar-refractivity contribution >= 4 is 12.2 Å². The molecule has 2 aliphatic carbocycles. The van der Waals surface area contributed by atoms with Gasteiger partial charge >= 0.3 is 26.2 Å². The van der Waals surface area contributed by atoms with Crippen LogP contribution >= 0.6 is 0 Å². The maximum absolute atomic E-state index is 2.39. The molecule has 4 aromatic carbocycles. The Morgan fingerprint density at radius 2 is 0.949 bits per heavy atom. The largest absolute Gasteiger partial charge is 4.00 e. The molecule has 6 rings (SSSR count). The summed E-state index contributed by atoms with van der Waals surface area (Å²) in [6.45, 7) is 4.58. The van der Waals surface area contributed by atoms with Crippen LogP contribution in [-0.4, -0.2) is 0 Å². The van der Waals surface area contributed by atoms with Crippen LogP contribution in [0.3, 0.4) is 0 Å². The first-order chi connectivity index (χ1) is 17.7. The molecule has 0 aromatic heterocycles. The quantitative estimate of drug-likeness (QED) is 0.299. The van der Waals surface area contributed by atoms with E-state index >= 15 is 0 Å². The summed E-state index contributed by atoms with van der Waals surface area (Å²) in [6, 6.07) is 26.7. The van der Waals surface area contributed by atoms with E-state index < -0.39 is 0 Å². The van der Waals surface area contributed by atoms with Gasteiger partial charge < -0.3 is 24.8 Å². The van der Waals surface area contributed by atoms with E-state index in [1.165, 1.54) is 55.6 Å². The smallest absolute Gasteiger partial charge is 1.00 e. The van der Waals surface area contributed by atoms with Crippen LogP contribution in [0.1, 0.15) is 67.5 Å². The molecule has 0 radical (unpaired) electrons. The first kappa shape index (κ1) is 31.1. The standard InChI is InChI=1S/C36H32.2ClH.Zr/c1-25-23-29-17-9-11-19-33(27-13-5-3-6-14-27)35(29)31(25)21-22-32-26(2)24-30-18-10-12-20-34(36(30)32)28-15-7-4-8-16-28;;;/h3-20,23-24,33-34H,21-22H2,1-2H3;2*1H;/q-2;;;+4/p-2. The first-order valence-corrected chi connectivity index (χ1v) is 13.1. The van der Waals surface area contributed by atoms with E-state index in [-0.39, 0.29) is 51.0 Å². The van der Waals surface area contributed by atoms with E-state index in [9.17, 15) is 0 Å². The second-order valence-corrected chi connectivity index (χ2v) is 10.1. The average molecular weight is 627 g/mol. The van der Waals surface area contributed by atoms with Gasteiger partial charge in [-0.1, -0.05) is 112 Å². The zero-order valence-electron chi connectivity index (χ0n) is 22.4. The monoisotopic (exact) mass is 624 g/mol. The summed E-state index contributed by atoms with van der Waals surface area (Å²) in [5.41, 5.74) is 14.3. The van der Waals surface area contributed by atoms with Gasteiger partial charge in [-0.2, -0.15) is 22.3 Å². The molecule has 194 valence electrons. The minimum Gasteiger partial charge on any atom is -1.00 e. The van der Waals surface area contributed by atoms with Crippen molar-refractivity contribution in [1.82, 2.24) is 0 Å². The topological polar surface area (TPSA) is 0 Å². The minimum absolute atomic E-state index is 0. The number of allylic oxidation sites excluding steroid dienone is 6. The summed E-state index contributed by atoms with van der Waals surface area (Å²) in [4.78, 5) is 0. The van der Waals surface area contributed by atoms with Crippen molar-refractivity contribution in [3.8, 4) is 0 Å². The van der Waals surface area contributed by atoms with E-state index in [4.69, 9.17) is 0 Å². The summed E-state index contributed by atoms with van der Waals surface area (Å²) in [6.07, 6.45) is 20.2. The second kappa shape index (κ2) is 13.8. The van der Waals surface area contributed by atoms with Gasteiger partial charge in [-0.25, -0.2) is 0 Å². The molecule has 2 atom stereocenters. The minimum atomic E-state index is 0. The summed E-state index contributed by atoms with van der Waals surface area (Å²) < 4.78 is 0. The van der Waals surface area contributed by atoms with Crippen molar-refractivity contribution in [2.45, 2.75) is 38.5 Å². The van der Waals surface area contributed by atoms with Crippen molar-refractivity contribution < 1.29 is 51.0 Å². The predicted molar refractivity (Wildman–Crippen MR) is 154 cm³/mol. The fourth-order valence-corrected chi connectivity index (χ4v) is 6.23. The summed E-state index contributed by atoms with van der Waals surface area (Å²) in [5.74, 6) is 0.585. The van der Waals surface area contributed by atoms with Gasteiger partial charge in [0, 0.05) is 0 Å². The van der Waals surface area contributed by atoms with Gasteiger partial charge in [0.25, 0.3) is 0 Å². The number of hydrogen-bond acceptors (Lipinski definition) is 0. The molecule has 2 aliphatic rings. The number of benzene rings is 2. The van der Waals surface area contributed by atoms with Crippen LogP contribution in [0, 0.1) is 13.8 Å². The molecule has 0 N–H and O–H groups in total.